The van der Waals surface area contributed by atoms with Gasteiger partial charge in [0, 0.05) is 18.9 Å². The van der Waals surface area contributed by atoms with E-state index in [4.69, 9.17) is 9.47 Å². The van der Waals surface area contributed by atoms with Crippen LogP contribution in [0.3, 0.4) is 0 Å². The molecule has 102 valence electrons. The second-order valence-electron chi connectivity index (χ2n) is 3.70. The van der Waals surface area contributed by atoms with Gasteiger partial charge in [-0.2, -0.15) is 0 Å². The molecule has 2 amide bonds. The van der Waals surface area contributed by atoms with E-state index in [0.717, 1.165) is 0 Å². The average Bonchev–Trinajstić information content (AvgIpc) is 2.28. The smallest absolute Gasteiger partial charge is 0.348 e. The van der Waals surface area contributed by atoms with Gasteiger partial charge in [-0.3, -0.25) is 4.90 Å². The van der Waals surface area contributed by atoms with E-state index in [-0.39, 0.29) is 5.57 Å². The number of hydrogen-bond acceptors (Lipinski definition) is 4. The monoisotopic (exact) mass is 256 g/mol. The minimum atomic E-state index is -0.791. The standard InChI is InChI=1S/C12H20N2O4/c1-7-13-12(16)14(9(4)17-6)10(5)18-11(15)8(2)3/h7,9-10H,2H2,1,3-6H3/b13-7+. The Balaban J connectivity index is 4.91. The molecule has 0 rings (SSSR count). The number of hydrogen-bond donors (Lipinski definition) is 0. The molecule has 0 heterocycles. The molecule has 0 aromatic heterocycles. The van der Waals surface area contributed by atoms with Gasteiger partial charge in [-0.25, -0.2) is 14.6 Å². The molecule has 2 atom stereocenters. The third kappa shape index (κ3) is 4.67. The number of methoxy groups -OCH3 is 1. The number of esters is 1. The highest BCUT2D eigenvalue weighted by molar-refractivity contribution is 5.87. The summed E-state index contributed by atoms with van der Waals surface area (Å²) < 4.78 is 10.1. The highest BCUT2D eigenvalue weighted by Gasteiger charge is 2.27. The molecule has 0 saturated carbocycles. The van der Waals surface area contributed by atoms with Gasteiger partial charge >= 0.3 is 12.0 Å². The summed E-state index contributed by atoms with van der Waals surface area (Å²) >= 11 is 0. The Morgan fingerprint density at radius 3 is 2.28 bits per heavy atom. The Morgan fingerprint density at radius 1 is 1.33 bits per heavy atom. The molecule has 0 radical (unpaired) electrons. The summed E-state index contributed by atoms with van der Waals surface area (Å²) in [6, 6.07) is -0.533. The number of rotatable bonds is 5. The predicted molar refractivity (Wildman–Crippen MR) is 68.2 cm³/mol. The lowest BCUT2D eigenvalue weighted by Gasteiger charge is -2.31. The topological polar surface area (TPSA) is 68.2 Å². The van der Waals surface area contributed by atoms with E-state index in [1.165, 1.54) is 25.1 Å². The zero-order valence-corrected chi connectivity index (χ0v) is 11.5. The van der Waals surface area contributed by atoms with E-state index in [0.29, 0.717) is 0 Å². The maximum atomic E-state index is 11.8. The fourth-order valence-electron chi connectivity index (χ4n) is 1.21. The minimum Gasteiger partial charge on any atom is -0.438 e. The molecule has 0 aromatic rings. The number of carbonyl (C=O) groups excluding carboxylic acids is 2. The Labute approximate surface area is 107 Å². The highest BCUT2D eigenvalue weighted by Crippen LogP contribution is 2.11. The molecule has 2 unspecified atom stereocenters. The van der Waals surface area contributed by atoms with Gasteiger partial charge in [0.15, 0.2) is 6.23 Å². The molecule has 0 spiro atoms. The molecule has 0 aliphatic carbocycles. The molecule has 18 heavy (non-hydrogen) atoms. The van der Waals surface area contributed by atoms with Crippen LogP contribution >= 0.6 is 0 Å². The molecular formula is C12H20N2O4. The first-order valence-electron chi connectivity index (χ1n) is 5.55. The maximum absolute atomic E-state index is 11.8. The molecule has 0 aliphatic rings. The van der Waals surface area contributed by atoms with E-state index < -0.39 is 24.5 Å². The quantitative estimate of drug-likeness (QED) is 0.326. The van der Waals surface area contributed by atoms with E-state index in [9.17, 15) is 9.59 Å². The molecule has 0 fully saturated rings. The van der Waals surface area contributed by atoms with Crippen molar-refractivity contribution in [3.8, 4) is 0 Å². The largest absolute Gasteiger partial charge is 0.438 e. The van der Waals surface area contributed by atoms with Gasteiger partial charge in [0.1, 0.15) is 6.23 Å². The van der Waals surface area contributed by atoms with Crippen molar-refractivity contribution in [2.45, 2.75) is 40.2 Å². The van der Waals surface area contributed by atoms with Crippen LogP contribution in [0.25, 0.3) is 0 Å². The molecule has 0 saturated heterocycles. The third-order valence-electron chi connectivity index (χ3n) is 2.21. The number of urea groups is 1. The fraction of sp³-hybridized carbons (Fsp3) is 0.583. The van der Waals surface area contributed by atoms with Crippen LogP contribution in [0.1, 0.15) is 27.7 Å². The predicted octanol–water partition coefficient (Wildman–Crippen LogP) is 1.96. The normalized spacial score (nSPS) is 14.1. The number of amides is 2. The summed E-state index contributed by atoms with van der Waals surface area (Å²) in [5, 5.41) is 0. The molecule has 6 nitrogen and oxygen atoms in total. The first kappa shape index (κ1) is 16.3. The lowest BCUT2D eigenvalue weighted by molar-refractivity contribution is -0.157. The van der Waals surface area contributed by atoms with Crippen molar-refractivity contribution in [3.05, 3.63) is 12.2 Å². The van der Waals surface area contributed by atoms with Crippen LogP contribution in [0.2, 0.25) is 0 Å². The summed E-state index contributed by atoms with van der Waals surface area (Å²) in [5.41, 5.74) is 0.262. The van der Waals surface area contributed by atoms with Crippen LogP contribution in [-0.2, 0) is 14.3 Å². The van der Waals surface area contributed by atoms with Crippen molar-refractivity contribution in [1.29, 1.82) is 0 Å². The molecule has 0 aromatic carbocycles. The first-order chi connectivity index (χ1) is 8.34. The van der Waals surface area contributed by atoms with Crippen LogP contribution in [0.5, 0.6) is 0 Å². The number of nitrogens with zero attached hydrogens (tertiary/aromatic N) is 2. The average molecular weight is 256 g/mol. The fourth-order valence-corrected chi connectivity index (χ4v) is 1.21. The lowest BCUT2D eigenvalue weighted by Crippen LogP contribution is -2.46. The van der Waals surface area contributed by atoms with Gasteiger partial charge in [0.05, 0.1) is 0 Å². The Bertz CT molecular complexity index is 352. The highest BCUT2D eigenvalue weighted by atomic mass is 16.6. The second-order valence-corrected chi connectivity index (χ2v) is 3.70. The molecule has 6 heteroatoms. The summed E-state index contributed by atoms with van der Waals surface area (Å²) in [7, 11) is 1.45. The van der Waals surface area contributed by atoms with Crippen molar-refractivity contribution in [3.63, 3.8) is 0 Å². The van der Waals surface area contributed by atoms with Crippen molar-refractivity contribution in [2.75, 3.05) is 7.11 Å². The van der Waals surface area contributed by atoms with Crippen LogP contribution in [0, 0.1) is 0 Å². The molecule has 0 bridgehead atoms. The van der Waals surface area contributed by atoms with Gasteiger partial charge in [0.2, 0.25) is 0 Å². The van der Waals surface area contributed by atoms with Crippen LogP contribution in [-0.4, -0.2) is 42.7 Å². The number of carbonyl (C=O) groups is 2. The summed E-state index contributed by atoms with van der Waals surface area (Å²) in [6.45, 7) is 9.86. The van der Waals surface area contributed by atoms with Gasteiger partial charge in [-0.15, -0.1) is 0 Å². The molecular weight excluding hydrogens is 236 g/mol. The van der Waals surface area contributed by atoms with Crippen LogP contribution in [0.15, 0.2) is 17.1 Å². The van der Waals surface area contributed by atoms with E-state index in [2.05, 4.69) is 11.6 Å². The van der Waals surface area contributed by atoms with Crippen molar-refractivity contribution >= 4 is 18.2 Å². The molecule has 0 aliphatic heterocycles. The van der Waals surface area contributed by atoms with E-state index >= 15 is 0 Å². The summed E-state index contributed by atoms with van der Waals surface area (Å²) in [4.78, 5) is 28.0. The first-order valence-corrected chi connectivity index (χ1v) is 5.55. The minimum absolute atomic E-state index is 0.262. The van der Waals surface area contributed by atoms with Crippen molar-refractivity contribution in [2.24, 2.45) is 4.99 Å². The zero-order chi connectivity index (χ0) is 14.3. The third-order valence-corrected chi connectivity index (χ3v) is 2.21. The number of ether oxygens (including phenoxy) is 2. The zero-order valence-electron chi connectivity index (χ0n) is 11.5. The van der Waals surface area contributed by atoms with Gasteiger partial charge in [0.25, 0.3) is 0 Å². The Hall–Kier alpha value is -1.69. The van der Waals surface area contributed by atoms with Gasteiger partial charge < -0.3 is 9.47 Å². The van der Waals surface area contributed by atoms with Gasteiger partial charge in [-0.05, 0) is 27.7 Å². The molecule has 0 N–H and O–H groups in total. The Kier molecular flexibility index (Phi) is 6.89. The van der Waals surface area contributed by atoms with E-state index in [1.54, 1.807) is 20.8 Å². The summed E-state index contributed by atoms with van der Waals surface area (Å²) in [6.07, 6.45) is 0.0137. The Morgan fingerprint density at radius 2 is 1.89 bits per heavy atom. The maximum Gasteiger partial charge on any atom is 0.348 e. The summed E-state index contributed by atoms with van der Waals surface area (Å²) in [5.74, 6) is -0.566. The second kappa shape index (κ2) is 7.60. The van der Waals surface area contributed by atoms with Crippen LogP contribution < -0.4 is 0 Å². The SMILES string of the molecule is C=C(C)C(=O)OC(C)N(C(=O)/N=C/C)C(C)OC. The van der Waals surface area contributed by atoms with Crippen LogP contribution in [0.4, 0.5) is 4.79 Å². The lowest BCUT2D eigenvalue weighted by atomic mass is 10.3. The van der Waals surface area contributed by atoms with Gasteiger partial charge in [-0.1, -0.05) is 6.58 Å². The van der Waals surface area contributed by atoms with E-state index in [1.807, 2.05) is 0 Å². The van der Waals surface area contributed by atoms with Crippen molar-refractivity contribution < 1.29 is 19.1 Å². The van der Waals surface area contributed by atoms with Crippen molar-refractivity contribution in [1.82, 2.24) is 4.90 Å². The number of aliphatic imine (C=N–C) groups is 1.